The number of ether oxygens (including phenoxy) is 1. The Morgan fingerprint density at radius 1 is 1.31 bits per heavy atom. The van der Waals surface area contributed by atoms with Gasteiger partial charge in [0, 0.05) is 36.0 Å². The molecule has 5 atom stereocenters. The van der Waals surface area contributed by atoms with Crippen molar-refractivity contribution < 1.29 is 14.7 Å². The van der Waals surface area contributed by atoms with Crippen LogP contribution in [0.3, 0.4) is 0 Å². The van der Waals surface area contributed by atoms with E-state index in [1.54, 1.807) is 0 Å². The van der Waals surface area contributed by atoms with E-state index < -0.39 is 6.10 Å². The van der Waals surface area contributed by atoms with Crippen molar-refractivity contribution in [2.75, 3.05) is 26.7 Å². The fourth-order valence-electron chi connectivity index (χ4n) is 5.79. The maximum atomic E-state index is 10.7. The van der Waals surface area contributed by atoms with Crippen molar-refractivity contribution in [1.29, 1.82) is 0 Å². The third-order valence-electron chi connectivity index (χ3n) is 7.07. The predicted molar refractivity (Wildman–Crippen MR) is 99.5 cm³/mol. The number of hydrogen-bond acceptors (Lipinski definition) is 5. The first-order valence-electron chi connectivity index (χ1n) is 9.92. The van der Waals surface area contributed by atoms with Crippen LogP contribution in [-0.2, 0) is 11.8 Å². The summed E-state index contributed by atoms with van der Waals surface area (Å²) in [4.78, 5) is 8.65. The van der Waals surface area contributed by atoms with E-state index in [0.717, 1.165) is 44.0 Å². The lowest BCUT2D eigenvalue weighted by Gasteiger charge is -2.56. The van der Waals surface area contributed by atoms with Crippen LogP contribution in [-0.4, -0.2) is 60.0 Å². The lowest BCUT2D eigenvalue weighted by molar-refractivity contribution is -0.0582. The number of piperidine rings is 1. The Morgan fingerprint density at radius 3 is 2.88 bits per heavy atom. The maximum Gasteiger partial charge on any atom is 0.189 e. The van der Waals surface area contributed by atoms with Crippen molar-refractivity contribution in [2.24, 2.45) is 5.92 Å². The number of benzene rings is 1. The molecule has 5 heteroatoms. The lowest BCUT2D eigenvalue weighted by Crippen LogP contribution is -2.64. The highest BCUT2D eigenvalue weighted by Crippen LogP contribution is 2.62. The number of likely N-dealkylation sites (tertiary alicyclic amines) is 1. The Kier molecular flexibility index (Phi) is 3.65. The summed E-state index contributed by atoms with van der Waals surface area (Å²) in [5.74, 6) is 2.06. The van der Waals surface area contributed by atoms with Crippen LogP contribution in [0.2, 0.25) is 0 Å². The zero-order valence-electron chi connectivity index (χ0n) is 15.8. The number of nitrogens with zero attached hydrogens (tertiary/aromatic N) is 2. The number of rotatable bonds is 4. The van der Waals surface area contributed by atoms with Crippen LogP contribution >= 0.6 is 0 Å². The molecular weight excluding hydrogens is 328 g/mol. The van der Waals surface area contributed by atoms with Gasteiger partial charge in [-0.25, -0.2) is 0 Å². The van der Waals surface area contributed by atoms with Crippen LogP contribution < -0.4 is 9.57 Å². The largest absolute Gasteiger partial charge is 0.482 e. The maximum absolute atomic E-state index is 10.7. The van der Waals surface area contributed by atoms with Crippen LogP contribution in [0.15, 0.2) is 24.3 Å². The molecule has 1 saturated heterocycles. The Labute approximate surface area is 155 Å². The van der Waals surface area contributed by atoms with Gasteiger partial charge < -0.3 is 19.6 Å². The average molecular weight is 356 g/mol. The van der Waals surface area contributed by atoms with Crippen molar-refractivity contribution >= 4 is 0 Å². The smallest absolute Gasteiger partial charge is 0.189 e. The molecule has 0 saturated carbocycles. The number of aliphatic hydroxyl groups is 1. The summed E-state index contributed by atoms with van der Waals surface area (Å²) in [7, 11) is 2.23. The van der Waals surface area contributed by atoms with Crippen molar-refractivity contribution in [1.82, 2.24) is 9.96 Å². The first-order valence-corrected chi connectivity index (χ1v) is 9.92. The molecule has 2 heterocycles. The second-order valence-electron chi connectivity index (χ2n) is 8.11. The molecule has 0 aromatic heterocycles. The molecule has 4 aliphatic rings. The van der Waals surface area contributed by atoms with E-state index in [1.807, 2.05) is 11.1 Å². The monoisotopic (exact) mass is 356 g/mol. The minimum atomic E-state index is -0.560. The second kappa shape index (κ2) is 5.72. The quantitative estimate of drug-likeness (QED) is 0.661. The molecule has 1 spiro atoms. The molecule has 0 amide bonds. The fourth-order valence-corrected chi connectivity index (χ4v) is 5.79. The van der Waals surface area contributed by atoms with E-state index in [4.69, 9.17) is 9.57 Å². The standard InChI is InChI=1S/C21H28N2O3/c1-4-23(5-2)26-17-9-6-13-12-15-14-7-8-16(24)20-21(14,10-11-22(15)3)18(13)19(17)25-20/h6-9,14-16,20,24H,4-5,10-12H2,1-3H3/t14-,15+,16-,20-,21-/m0/s1. The van der Waals surface area contributed by atoms with E-state index in [-0.39, 0.29) is 11.5 Å². The summed E-state index contributed by atoms with van der Waals surface area (Å²) in [6.07, 6.45) is 5.49. The molecule has 0 unspecified atom stereocenters. The summed E-state index contributed by atoms with van der Waals surface area (Å²) in [5.41, 5.74) is 2.56. The van der Waals surface area contributed by atoms with Crippen LogP contribution in [0.25, 0.3) is 0 Å². The van der Waals surface area contributed by atoms with Gasteiger partial charge in [0.05, 0.1) is 0 Å². The van der Waals surface area contributed by atoms with Gasteiger partial charge in [0.15, 0.2) is 11.5 Å². The molecule has 5 nitrogen and oxygen atoms in total. The van der Waals surface area contributed by atoms with Gasteiger partial charge in [0.1, 0.15) is 12.2 Å². The minimum absolute atomic E-state index is 0.114. The van der Waals surface area contributed by atoms with E-state index in [1.165, 1.54) is 11.1 Å². The Bertz CT molecular complexity index is 760. The molecule has 1 aromatic carbocycles. The minimum Gasteiger partial charge on any atom is -0.482 e. The summed E-state index contributed by atoms with van der Waals surface area (Å²) in [6, 6.07) is 4.75. The topological polar surface area (TPSA) is 45.2 Å². The number of hydroxylamine groups is 2. The normalized spacial score (nSPS) is 36.8. The van der Waals surface area contributed by atoms with Gasteiger partial charge in [0.25, 0.3) is 0 Å². The molecule has 1 aromatic rings. The number of hydrogen-bond donors (Lipinski definition) is 1. The summed E-state index contributed by atoms with van der Waals surface area (Å²) >= 11 is 0. The van der Waals surface area contributed by atoms with Gasteiger partial charge >= 0.3 is 0 Å². The third kappa shape index (κ3) is 1.97. The molecule has 2 aliphatic carbocycles. The lowest BCUT2D eigenvalue weighted by atomic mass is 9.53. The van der Waals surface area contributed by atoms with E-state index in [2.05, 4.69) is 44.0 Å². The third-order valence-corrected chi connectivity index (χ3v) is 7.07. The molecule has 5 rings (SSSR count). The van der Waals surface area contributed by atoms with Gasteiger partial charge in [0.2, 0.25) is 0 Å². The molecule has 140 valence electrons. The molecule has 1 fully saturated rings. The van der Waals surface area contributed by atoms with Crippen molar-refractivity contribution in [3.8, 4) is 11.5 Å². The molecule has 0 radical (unpaired) electrons. The summed E-state index contributed by atoms with van der Waals surface area (Å²) in [5, 5.41) is 12.7. The van der Waals surface area contributed by atoms with E-state index in [9.17, 15) is 5.11 Å². The van der Waals surface area contributed by atoms with Gasteiger partial charge in [-0.2, -0.15) is 0 Å². The predicted octanol–water partition coefficient (Wildman–Crippen LogP) is 2.13. The highest BCUT2D eigenvalue weighted by molar-refractivity contribution is 5.62. The van der Waals surface area contributed by atoms with Gasteiger partial charge in [-0.3, -0.25) is 0 Å². The molecule has 2 aliphatic heterocycles. The highest BCUT2D eigenvalue weighted by Gasteiger charge is 2.64. The summed E-state index contributed by atoms with van der Waals surface area (Å²) in [6.45, 7) is 6.86. The first-order chi connectivity index (χ1) is 12.6. The van der Waals surface area contributed by atoms with Crippen LogP contribution in [0, 0.1) is 5.92 Å². The van der Waals surface area contributed by atoms with Crippen LogP contribution in [0.1, 0.15) is 31.4 Å². The van der Waals surface area contributed by atoms with E-state index in [0.29, 0.717) is 12.0 Å². The van der Waals surface area contributed by atoms with Gasteiger partial charge in [-0.05, 0) is 51.9 Å². The van der Waals surface area contributed by atoms with Crippen molar-refractivity contribution in [2.45, 2.75) is 50.4 Å². The SMILES string of the molecule is CCN(CC)Oc1ccc2c3c1O[C@H]1[C@@H](O)C=C[C@H]4[C@@H](C2)N(C)CC[C@@]341. The van der Waals surface area contributed by atoms with Crippen LogP contribution in [0.4, 0.5) is 0 Å². The fraction of sp³-hybridized carbons (Fsp3) is 0.619. The molecular formula is C21H28N2O3. The van der Waals surface area contributed by atoms with Crippen molar-refractivity contribution in [3.63, 3.8) is 0 Å². The Balaban J connectivity index is 1.68. The first kappa shape index (κ1) is 16.6. The summed E-state index contributed by atoms with van der Waals surface area (Å²) < 4.78 is 6.48. The molecule has 1 N–H and O–H groups in total. The van der Waals surface area contributed by atoms with Crippen molar-refractivity contribution in [3.05, 3.63) is 35.4 Å². The zero-order chi connectivity index (χ0) is 18.1. The second-order valence-corrected chi connectivity index (χ2v) is 8.11. The number of aliphatic hydroxyl groups excluding tert-OH is 1. The average Bonchev–Trinajstić information content (AvgIpc) is 3.00. The van der Waals surface area contributed by atoms with Gasteiger partial charge in [-0.1, -0.05) is 18.2 Å². The number of likely N-dealkylation sites (N-methyl/N-ethyl adjacent to an activating group) is 1. The molecule has 2 bridgehead atoms. The zero-order valence-corrected chi connectivity index (χ0v) is 15.8. The Morgan fingerprint density at radius 2 is 2.12 bits per heavy atom. The van der Waals surface area contributed by atoms with Gasteiger partial charge in [-0.15, -0.1) is 5.06 Å². The van der Waals surface area contributed by atoms with Crippen LogP contribution in [0.5, 0.6) is 11.5 Å². The molecule has 26 heavy (non-hydrogen) atoms. The highest BCUT2D eigenvalue weighted by atomic mass is 16.7. The van der Waals surface area contributed by atoms with E-state index >= 15 is 0 Å². The Hall–Kier alpha value is -1.56.